The number of ether oxygens (including phenoxy) is 1. The second-order valence-electron chi connectivity index (χ2n) is 6.40. The fourth-order valence-corrected chi connectivity index (χ4v) is 2.68. The number of hydrogen-bond acceptors (Lipinski definition) is 4. The average Bonchev–Trinajstić information content (AvgIpc) is 2.71. The van der Waals surface area contributed by atoms with Crippen molar-refractivity contribution in [3.63, 3.8) is 0 Å². The normalized spacial score (nSPS) is 12.6. The first-order valence-electron chi connectivity index (χ1n) is 8.91. The lowest BCUT2D eigenvalue weighted by atomic mass is 9.97. The molecule has 2 aromatic rings. The Morgan fingerprint density at radius 2 is 1.57 bits per heavy atom. The van der Waals surface area contributed by atoms with Crippen molar-refractivity contribution in [2.24, 2.45) is 5.92 Å². The SMILES string of the molecule is CCC(C)C(NC(=O)c1ccc(Cl)cc1)C(=O)Nc1ccc(C(=O)OC)cc1. The molecule has 0 saturated carbocycles. The number of benzene rings is 2. The first kappa shape index (κ1) is 21.4. The fourth-order valence-electron chi connectivity index (χ4n) is 2.56. The maximum absolute atomic E-state index is 12.8. The third-order valence-electron chi connectivity index (χ3n) is 4.46. The van der Waals surface area contributed by atoms with Gasteiger partial charge in [0.05, 0.1) is 12.7 Å². The van der Waals surface area contributed by atoms with E-state index < -0.39 is 12.0 Å². The van der Waals surface area contributed by atoms with Crippen LogP contribution in [0.3, 0.4) is 0 Å². The summed E-state index contributed by atoms with van der Waals surface area (Å²) in [7, 11) is 1.30. The summed E-state index contributed by atoms with van der Waals surface area (Å²) in [6, 6.07) is 12.1. The molecule has 2 amide bonds. The number of anilines is 1. The van der Waals surface area contributed by atoms with E-state index in [0.29, 0.717) is 28.3 Å². The summed E-state index contributed by atoms with van der Waals surface area (Å²) in [6.07, 6.45) is 0.709. The molecule has 0 aromatic heterocycles. The van der Waals surface area contributed by atoms with Gasteiger partial charge < -0.3 is 15.4 Å². The second kappa shape index (κ2) is 9.90. The van der Waals surface area contributed by atoms with Crippen molar-refractivity contribution in [3.8, 4) is 0 Å². The van der Waals surface area contributed by atoms with E-state index in [2.05, 4.69) is 15.4 Å². The predicted octanol–water partition coefficient (Wildman–Crippen LogP) is 3.91. The minimum absolute atomic E-state index is 0.0782. The van der Waals surface area contributed by atoms with E-state index in [4.69, 9.17) is 11.6 Å². The number of carbonyl (C=O) groups excluding carboxylic acids is 3. The van der Waals surface area contributed by atoms with Crippen molar-refractivity contribution in [1.82, 2.24) is 5.32 Å². The molecule has 6 nitrogen and oxygen atoms in total. The van der Waals surface area contributed by atoms with Crippen molar-refractivity contribution in [2.45, 2.75) is 26.3 Å². The fraction of sp³-hybridized carbons (Fsp3) is 0.286. The van der Waals surface area contributed by atoms with E-state index in [1.807, 2.05) is 13.8 Å². The largest absolute Gasteiger partial charge is 0.465 e. The Morgan fingerprint density at radius 1 is 1.00 bits per heavy atom. The van der Waals surface area contributed by atoms with Crippen LogP contribution in [0.5, 0.6) is 0 Å². The van der Waals surface area contributed by atoms with Gasteiger partial charge in [0.25, 0.3) is 5.91 Å². The molecule has 0 aliphatic carbocycles. The minimum Gasteiger partial charge on any atom is -0.465 e. The summed E-state index contributed by atoms with van der Waals surface area (Å²) >= 11 is 5.85. The Hall–Kier alpha value is -2.86. The zero-order chi connectivity index (χ0) is 20.7. The van der Waals surface area contributed by atoms with Crippen LogP contribution in [0, 0.1) is 5.92 Å². The van der Waals surface area contributed by atoms with Crippen LogP contribution in [-0.2, 0) is 9.53 Å². The first-order valence-corrected chi connectivity index (χ1v) is 9.29. The van der Waals surface area contributed by atoms with Gasteiger partial charge in [-0.25, -0.2) is 4.79 Å². The summed E-state index contributed by atoms with van der Waals surface area (Å²) < 4.78 is 4.65. The predicted molar refractivity (Wildman–Crippen MR) is 109 cm³/mol. The number of carbonyl (C=O) groups is 3. The van der Waals surface area contributed by atoms with Gasteiger partial charge in [0.2, 0.25) is 5.91 Å². The van der Waals surface area contributed by atoms with Crippen LogP contribution in [0.15, 0.2) is 48.5 Å². The zero-order valence-electron chi connectivity index (χ0n) is 16.0. The van der Waals surface area contributed by atoms with Gasteiger partial charge in [0, 0.05) is 16.3 Å². The van der Waals surface area contributed by atoms with Gasteiger partial charge in [-0.15, -0.1) is 0 Å². The summed E-state index contributed by atoms with van der Waals surface area (Å²) in [5, 5.41) is 6.11. The third-order valence-corrected chi connectivity index (χ3v) is 4.71. The van der Waals surface area contributed by atoms with Crippen LogP contribution in [0.1, 0.15) is 41.0 Å². The van der Waals surface area contributed by atoms with Crippen molar-refractivity contribution in [2.75, 3.05) is 12.4 Å². The van der Waals surface area contributed by atoms with E-state index in [0.717, 1.165) is 0 Å². The quantitative estimate of drug-likeness (QED) is 0.687. The number of esters is 1. The average molecular weight is 403 g/mol. The smallest absolute Gasteiger partial charge is 0.337 e. The molecule has 0 radical (unpaired) electrons. The van der Waals surface area contributed by atoms with Crippen LogP contribution < -0.4 is 10.6 Å². The molecule has 2 rings (SSSR count). The molecule has 0 bridgehead atoms. The van der Waals surface area contributed by atoms with Crippen molar-refractivity contribution in [1.29, 1.82) is 0 Å². The molecule has 28 heavy (non-hydrogen) atoms. The highest BCUT2D eigenvalue weighted by Crippen LogP contribution is 2.15. The summed E-state index contributed by atoms with van der Waals surface area (Å²) in [5.41, 5.74) is 1.33. The van der Waals surface area contributed by atoms with Gasteiger partial charge in [-0.2, -0.15) is 0 Å². The molecule has 2 atom stereocenters. The van der Waals surface area contributed by atoms with E-state index in [-0.39, 0.29) is 17.7 Å². The van der Waals surface area contributed by atoms with Gasteiger partial charge in [-0.05, 0) is 54.4 Å². The third kappa shape index (κ3) is 5.57. The number of hydrogen-bond donors (Lipinski definition) is 2. The lowest BCUT2D eigenvalue weighted by molar-refractivity contribution is -0.119. The van der Waals surface area contributed by atoms with Crippen LogP contribution in [0.4, 0.5) is 5.69 Å². The molecule has 0 saturated heterocycles. The molecule has 148 valence electrons. The molecule has 0 fully saturated rings. The van der Waals surface area contributed by atoms with E-state index in [9.17, 15) is 14.4 Å². The minimum atomic E-state index is -0.714. The number of methoxy groups -OCH3 is 1. The van der Waals surface area contributed by atoms with E-state index in [1.165, 1.54) is 7.11 Å². The molecule has 7 heteroatoms. The maximum Gasteiger partial charge on any atom is 0.337 e. The van der Waals surface area contributed by atoms with Crippen LogP contribution in [0.25, 0.3) is 0 Å². The van der Waals surface area contributed by atoms with Crippen molar-refractivity contribution < 1.29 is 19.1 Å². The van der Waals surface area contributed by atoms with Gasteiger partial charge >= 0.3 is 5.97 Å². The van der Waals surface area contributed by atoms with Crippen LogP contribution in [0.2, 0.25) is 5.02 Å². The molecule has 0 spiro atoms. The number of rotatable bonds is 7. The maximum atomic E-state index is 12.8. The molecule has 0 aliphatic rings. The Balaban J connectivity index is 2.11. The number of halogens is 1. The van der Waals surface area contributed by atoms with Crippen molar-refractivity contribution >= 4 is 35.1 Å². The molecule has 2 aromatic carbocycles. The van der Waals surface area contributed by atoms with E-state index >= 15 is 0 Å². The molecule has 0 heterocycles. The summed E-state index contributed by atoms with van der Waals surface area (Å²) in [5.74, 6) is -1.21. The highest BCUT2D eigenvalue weighted by Gasteiger charge is 2.26. The van der Waals surface area contributed by atoms with Gasteiger partial charge in [-0.3, -0.25) is 9.59 Å². The number of nitrogens with one attached hydrogen (secondary N) is 2. The highest BCUT2D eigenvalue weighted by molar-refractivity contribution is 6.30. The van der Waals surface area contributed by atoms with Gasteiger partial charge in [0.15, 0.2) is 0 Å². The molecular formula is C21H23ClN2O4. The summed E-state index contributed by atoms with van der Waals surface area (Å²) in [4.78, 5) is 36.8. The summed E-state index contributed by atoms with van der Waals surface area (Å²) in [6.45, 7) is 3.84. The Bertz CT molecular complexity index is 834. The molecule has 2 unspecified atom stereocenters. The highest BCUT2D eigenvalue weighted by atomic mass is 35.5. The number of amides is 2. The Morgan fingerprint density at radius 3 is 2.11 bits per heavy atom. The Labute approximate surface area is 169 Å². The lowest BCUT2D eigenvalue weighted by Crippen LogP contribution is -2.47. The van der Waals surface area contributed by atoms with Crippen LogP contribution in [-0.4, -0.2) is 30.9 Å². The lowest BCUT2D eigenvalue weighted by Gasteiger charge is -2.23. The van der Waals surface area contributed by atoms with Crippen LogP contribution >= 0.6 is 11.6 Å². The second-order valence-corrected chi connectivity index (χ2v) is 6.84. The standard InChI is InChI=1S/C21H23ClN2O4/c1-4-13(2)18(24-19(25)14-5-9-16(22)10-6-14)20(26)23-17-11-7-15(8-12-17)21(27)28-3/h5-13,18H,4H2,1-3H3,(H,23,26)(H,24,25). The van der Waals surface area contributed by atoms with Crippen molar-refractivity contribution in [3.05, 3.63) is 64.7 Å². The first-order chi connectivity index (χ1) is 13.3. The Kier molecular flexibility index (Phi) is 7.58. The topological polar surface area (TPSA) is 84.5 Å². The van der Waals surface area contributed by atoms with Gasteiger partial charge in [-0.1, -0.05) is 31.9 Å². The van der Waals surface area contributed by atoms with E-state index in [1.54, 1.807) is 48.5 Å². The zero-order valence-corrected chi connectivity index (χ0v) is 16.7. The molecular weight excluding hydrogens is 380 g/mol. The molecule has 2 N–H and O–H groups in total. The monoisotopic (exact) mass is 402 g/mol. The van der Waals surface area contributed by atoms with Gasteiger partial charge in [0.1, 0.15) is 6.04 Å². The molecule has 0 aliphatic heterocycles.